The summed E-state index contributed by atoms with van der Waals surface area (Å²) in [5.41, 5.74) is 1.46. The van der Waals surface area contributed by atoms with E-state index in [0.29, 0.717) is 24.5 Å². The molecule has 0 aromatic heterocycles. The number of methoxy groups -OCH3 is 2. The lowest BCUT2D eigenvalue weighted by Crippen LogP contribution is -2.25. The molecule has 7 nitrogen and oxygen atoms in total. The molecule has 0 bridgehead atoms. The summed E-state index contributed by atoms with van der Waals surface area (Å²) in [4.78, 5) is 13.6. The minimum Gasteiger partial charge on any atom is -0.493 e. The Balaban J connectivity index is 1.70. The summed E-state index contributed by atoms with van der Waals surface area (Å²) in [7, 11) is -0.606. The van der Waals surface area contributed by atoms with E-state index in [-0.39, 0.29) is 17.3 Å². The molecule has 1 fully saturated rings. The zero-order chi connectivity index (χ0) is 19.4. The van der Waals surface area contributed by atoms with Gasteiger partial charge < -0.3 is 14.4 Å². The molecule has 0 aliphatic carbocycles. The van der Waals surface area contributed by atoms with Crippen molar-refractivity contribution in [2.24, 2.45) is 0 Å². The fraction of sp³-hybridized carbons (Fsp3) is 0.316. The lowest BCUT2D eigenvalue weighted by atomic mass is 10.2. The van der Waals surface area contributed by atoms with Gasteiger partial charge in [0.05, 0.1) is 19.1 Å². The predicted octanol–water partition coefficient (Wildman–Crippen LogP) is 2.31. The fourth-order valence-corrected chi connectivity index (χ4v) is 4.00. The first-order valence-corrected chi connectivity index (χ1v) is 10.0. The number of nitrogens with zero attached hydrogens (tertiary/aromatic N) is 1. The zero-order valence-electron chi connectivity index (χ0n) is 15.3. The Labute approximate surface area is 158 Å². The van der Waals surface area contributed by atoms with Crippen LogP contribution >= 0.6 is 0 Å². The number of hydrogen-bond acceptors (Lipinski definition) is 5. The van der Waals surface area contributed by atoms with Crippen molar-refractivity contribution < 1.29 is 22.7 Å². The first-order chi connectivity index (χ1) is 12.9. The molecule has 1 amide bonds. The van der Waals surface area contributed by atoms with E-state index in [1.54, 1.807) is 42.3 Å². The quantitative estimate of drug-likeness (QED) is 0.784. The maximum atomic E-state index is 12.5. The van der Waals surface area contributed by atoms with Gasteiger partial charge in [0.1, 0.15) is 0 Å². The monoisotopic (exact) mass is 390 g/mol. The Kier molecular flexibility index (Phi) is 5.67. The SMILES string of the molecule is COc1ccc(CNS(=O)(=O)c2ccc(N3CCCC3=O)cc2)cc1OC. The predicted molar refractivity (Wildman–Crippen MR) is 102 cm³/mol. The lowest BCUT2D eigenvalue weighted by Gasteiger charge is -2.16. The van der Waals surface area contributed by atoms with Gasteiger partial charge in [-0.15, -0.1) is 0 Å². The maximum Gasteiger partial charge on any atom is 0.240 e. The molecule has 0 saturated carbocycles. The second-order valence-corrected chi connectivity index (χ2v) is 7.92. The number of hydrogen-bond donors (Lipinski definition) is 1. The summed E-state index contributed by atoms with van der Waals surface area (Å²) in [5.74, 6) is 1.18. The first-order valence-electron chi connectivity index (χ1n) is 8.55. The molecule has 27 heavy (non-hydrogen) atoms. The van der Waals surface area contributed by atoms with Crippen LogP contribution in [0.1, 0.15) is 18.4 Å². The van der Waals surface area contributed by atoms with E-state index < -0.39 is 10.0 Å². The normalized spacial score (nSPS) is 14.4. The van der Waals surface area contributed by atoms with Crippen LogP contribution in [0.3, 0.4) is 0 Å². The third-order valence-corrected chi connectivity index (χ3v) is 5.86. The Morgan fingerprint density at radius 2 is 1.74 bits per heavy atom. The van der Waals surface area contributed by atoms with Gasteiger partial charge >= 0.3 is 0 Å². The van der Waals surface area contributed by atoms with E-state index in [2.05, 4.69) is 4.72 Å². The lowest BCUT2D eigenvalue weighted by molar-refractivity contribution is -0.117. The Morgan fingerprint density at radius 1 is 1.04 bits per heavy atom. The molecule has 1 saturated heterocycles. The average molecular weight is 390 g/mol. The van der Waals surface area contributed by atoms with Crippen molar-refractivity contribution in [2.45, 2.75) is 24.3 Å². The van der Waals surface area contributed by atoms with Gasteiger partial charge in [-0.05, 0) is 48.4 Å². The van der Waals surface area contributed by atoms with E-state index in [4.69, 9.17) is 9.47 Å². The van der Waals surface area contributed by atoms with Crippen LogP contribution in [-0.4, -0.2) is 35.1 Å². The summed E-state index contributed by atoms with van der Waals surface area (Å²) in [6, 6.07) is 11.6. The van der Waals surface area contributed by atoms with E-state index in [1.807, 2.05) is 0 Å². The van der Waals surface area contributed by atoms with Gasteiger partial charge in [0.2, 0.25) is 15.9 Å². The summed E-state index contributed by atoms with van der Waals surface area (Å²) in [6.45, 7) is 0.789. The van der Waals surface area contributed by atoms with Crippen LogP contribution in [0, 0.1) is 0 Å². The maximum absolute atomic E-state index is 12.5. The molecular weight excluding hydrogens is 368 g/mol. The van der Waals surface area contributed by atoms with Gasteiger partial charge in [-0.2, -0.15) is 0 Å². The van der Waals surface area contributed by atoms with Crippen LogP contribution in [0.15, 0.2) is 47.4 Å². The fourth-order valence-electron chi connectivity index (χ4n) is 2.98. The summed E-state index contributed by atoms with van der Waals surface area (Å²) >= 11 is 0. The Hall–Kier alpha value is -2.58. The summed E-state index contributed by atoms with van der Waals surface area (Å²) in [5, 5.41) is 0. The Morgan fingerprint density at radius 3 is 2.33 bits per heavy atom. The van der Waals surface area contributed by atoms with Crippen molar-refractivity contribution in [3.8, 4) is 11.5 Å². The smallest absolute Gasteiger partial charge is 0.240 e. The molecule has 0 spiro atoms. The number of anilines is 1. The van der Waals surface area contributed by atoms with Gasteiger partial charge in [0.25, 0.3) is 0 Å². The van der Waals surface area contributed by atoms with Crippen LogP contribution in [0.4, 0.5) is 5.69 Å². The van der Waals surface area contributed by atoms with Gasteiger partial charge in [-0.3, -0.25) is 4.79 Å². The molecule has 1 aliphatic heterocycles. The summed E-state index contributed by atoms with van der Waals surface area (Å²) < 4.78 is 38.0. The van der Waals surface area contributed by atoms with Crippen molar-refractivity contribution in [3.63, 3.8) is 0 Å². The number of nitrogens with one attached hydrogen (secondary N) is 1. The van der Waals surface area contributed by atoms with Crippen molar-refractivity contribution >= 4 is 21.6 Å². The van der Waals surface area contributed by atoms with Gasteiger partial charge in [0, 0.05) is 25.2 Å². The van der Waals surface area contributed by atoms with Crippen molar-refractivity contribution in [3.05, 3.63) is 48.0 Å². The number of carbonyl (C=O) groups excluding carboxylic acids is 1. The molecule has 8 heteroatoms. The van der Waals surface area contributed by atoms with E-state index in [1.165, 1.54) is 19.2 Å². The van der Waals surface area contributed by atoms with Gasteiger partial charge in [-0.1, -0.05) is 6.07 Å². The molecular formula is C19H22N2O5S. The van der Waals surface area contributed by atoms with E-state index >= 15 is 0 Å². The molecule has 0 radical (unpaired) electrons. The van der Waals surface area contributed by atoms with E-state index in [0.717, 1.165) is 17.7 Å². The van der Waals surface area contributed by atoms with Crippen molar-refractivity contribution in [1.82, 2.24) is 4.72 Å². The third kappa shape index (κ3) is 4.23. The second kappa shape index (κ2) is 7.98. The highest BCUT2D eigenvalue weighted by atomic mass is 32.2. The number of ether oxygens (including phenoxy) is 2. The topological polar surface area (TPSA) is 84.9 Å². The highest BCUT2D eigenvalue weighted by molar-refractivity contribution is 7.89. The van der Waals surface area contributed by atoms with Crippen LogP contribution < -0.4 is 19.1 Å². The third-order valence-electron chi connectivity index (χ3n) is 4.45. The Bertz CT molecular complexity index is 926. The second-order valence-electron chi connectivity index (χ2n) is 6.16. The minimum absolute atomic E-state index is 0.0668. The minimum atomic E-state index is -3.67. The number of amides is 1. The first kappa shape index (κ1) is 19.2. The average Bonchev–Trinajstić information content (AvgIpc) is 3.12. The molecule has 0 atom stereocenters. The number of sulfonamides is 1. The molecule has 144 valence electrons. The van der Waals surface area contributed by atoms with Crippen molar-refractivity contribution in [2.75, 3.05) is 25.7 Å². The van der Waals surface area contributed by atoms with Crippen LogP contribution in [-0.2, 0) is 21.4 Å². The highest BCUT2D eigenvalue weighted by Crippen LogP contribution is 2.28. The molecule has 1 N–H and O–H groups in total. The molecule has 3 rings (SSSR count). The van der Waals surface area contributed by atoms with Crippen LogP contribution in [0.5, 0.6) is 11.5 Å². The number of rotatable bonds is 7. The van der Waals surface area contributed by atoms with Crippen LogP contribution in [0.25, 0.3) is 0 Å². The molecule has 2 aromatic rings. The number of carbonyl (C=O) groups is 1. The molecule has 1 heterocycles. The van der Waals surface area contributed by atoms with Gasteiger partial charge in [0.15, 0.2) is 11.5 Å². The van der Waals surface area contributed by atoms with E-state index in [9.17, 15) is 13.2 Å². The van der Waals surface area contributed by atoms with Crippen molar-refractivity contribution in [1.29, 1.82) is 0 Å². The highest BCUT2D eigenvalue weighted by Gasteiger charge is 2.22. The largest absolute Gasteiger partial charge is 0.493 e. The van der Waals surface area contributed by atoms with Crippen LogP contribution in [0.2, 0.25) is 0 Å². The molecule has 0 unspecified atom stereocenters. The zero-order valence-corrected chi connectivity index (χ0v) is 16.1. The molecule has 2 aromatic carbocycles. The molecule has 1 aliphatic rings. The summed E-state index contributed by atoms with van der Waals surface area (Å²) in [6.07, 6.45) is 1.36. The standard InChI is InChI=1S/C19H22N2O5S/c1-25-17-10-5-14(12-18(17)26-2)13-20-27(23,24)16-8-6-15(7-9-16)21-11-3-4-19(21)22/h5-10,12,20H,3-4,11,13H2,1-2H3. The van der Waals surface area contributed by atoms with Gasteiger partial charge in [-0.25, -0.2) is 13.1 Å². The number of benzene rings is 2.